The van der Waals surface area contributed by atoms with Crippen LogP contribution in [0.15, 0.2) is 39.4 Å². The van der Waals surface area contributed by atoms with Crippen molar-refractivity contribution in [2.75, 3.05) is 12.8 Å². The highest BCUT2D eigenvalue weighted by Gasteiger charge is 2.32. The third-order valence-corrected chi connectivity index (χ3v) is 5.48. The van der Waals surface area contributed by atoms with E-state index in [4.69, 9.17) is 0 Å². The third kappa shape index (κ3) is 6.84. The van der Waals surface area contributed by atoms with Crippen molar-refractivity contribution in [1.82, 2.24) is 10.6 Å². The number of nitrogens with one attached hydrogen (secondary N) is 2. The fraction of sp³-hybridized carbons (Fsp3) is 0.444. The number of amidine groups is 1. The molecule has 0 aliphatic carbocycles. The zero-order valence-electron chi connectivity index (χ0n) is 15.2. The summed E-state index contributed by atoms with van der Waals surface area (Å²) in [6.45, 7) is 4.84. The minimum absolute atomic E-state index is 0.114. The molecule has 2 N–H and O–H groups in total. The fourth-order valence-corrected chi connectivity index (χ4v) is 3.50. The molecule has 0 radical (unpaired) electrons. The van der Waals surface area contributed by atoms with Crippen LogP contribution in [0.2, 0.25) is 0 Å². The van der Waals surface area contributed by atoms with Crippen LogP contribution in [-0.4, -0.2) is 41.2 Å². The van der Waals surface area contributed by atoms with E-state index in [-0.39, 0.29) is 18.2 Å². The van der Waals surface area contributed by atoms with E-state index in [1.165, 1.54) is 16.7 Å². The molecule has 1 aromatic carbocycles. The van der Waals surface area contributed by atoms with Crippen LogP contribution in [0.25, 0.3) is 0 Å². The third-order valence-electron chi connectivity index (χ3n) is 3.66. The smallest absolute Gasteiger partial charge is 0.240 e. The van der Waals surface area contributed by atoms with E-state index in [1.807, 2.05) is 30.5 Å². The number of amides is 2. The summed E-state index contributed by atoms with van der Waals surface area (Å²) in [7, 11) is 0. The van der Waals surface area contributed by atoms with Crippen molar-refractivity contribution in [3.05, 3.63) is 29.8 Å². The molecule has 2 amide bonds. The zero-order chi connectivity index (χ0) is 18.9. The zero-order valence-corrected chi connectivity index (χ0v) is 16.8. The molecular weight excluding hydrogens is 368 g/mol. The van der Waals surface area contributed by atoms with Crippen molar-refractivity contribution in [2.45, 2.75) is 36.8 Å². The van der Waals surface area contributed by atoms with E-state index in [9.17, 15) is 9.59 Å². The summed E-state index contributed by atoms with van der Waals surface area (Å²) in [5, 5.41) is 13.5. The number of nitrogens with zero attached hydrogens (tertiary/aromatic N) is 2. The lowest BCUT2D eigenvalue weighted by molar-refractivity contribution is -0.125. The fourth-order valence-electron chi connectivity index (χ4n) is 2.17. The van der Waals surface area contributed by atoms with Crippen LogP contribution in [0.5, 0.6) is 0 Å². The minimum atomic E-state index is -0.455. The molecule has 1 atom stereocenters. The lowest BCUT2D eigenvalue weighted by Gasteiger charge is -2.08. The Bertz CT molecular complexity index is 687. The first-order valence-corrected chi connectivity index (χ1v) is 10.6. The Labute approximate surface area is 162 Å². The van der Waals surface area contributed by atoms with E-state index in [0.29, 0.717) is 17.6 Å². The van der Waals surface area contributed by atoms with Gasteiger partial charge in [-0.25, -0.2) is 0 Å². The van der Waals surface area contributed by atoms with E-state index < -0.39 is 5.25 Å². The lowest BCUT2D eigenvalue weighted by atomic mass is 10.1. The van der Waals surface area contributed by atoms with Gasteiger partial charge in [0.2, 0.25) is 11.8 Å². The molecular formula is C18H24N4O2S2. The topological polar surface area (TPSA) is 82.9 Å². The monoisotopic (exact) mass is 392 g/mol. The Morgan fingerprint density at radius 1 is 1.38 bits per heavy atom. The summed E-state index contributed by atoms with van der Waals surface area (Å²) in [5.74, 6) is 0.220. The second-order valence-corrected chi connectivity index (χ2v) is 8.33. The van der Waals surface area contributed by atoms with Crippen LogP contribution >= 0.6 is 23.5 Å². The Kier molecular flexibility index (Phi) is 8.18. The molecule has 8 heteroatoms. The first-order valence-electron chi connectivity index (χ1n) is 8.47. The minimum Gasteiger partial charge on any atom is -0.356 e. The highest BCUT2D eigenvalue weighted by atomic mass is 32.2. The molecule has 1 saturated heterocycles. The van der Waals surface area contributed by atoms with E-state index in [1.54, 1.807) is 18.0 Å². The van der Waals surface area contributed by atoms with Crippen molar-refractivity contribution >= 4 is 46.7 Å². The van der Waals surface area contributed by atoms with Gasteiger partial charge in [0.05, 0.1) is 6.21 Å². The predicted octanol–water partition coefficient (Wildman–Crippen LogP) is 2.88. The van der Waals surface area contributed by atoms with Gasteiger partial charge in [-0.2, -0.15) is 5.10 Å². The van der Waals surface area contributed by atoms with Crippen LogP contribution in [-0.2, 0) is 9.59 Å². The molecule has 0 bridgehead atoms. The van der Waals surface area contributed by atoms with Gasteiger partial charge in [0, 0.05) is 17.9 Å². The second kappa shape index (κ2) is 10.4. The second-order valence-electron chi connectivity index (χ2n) is 6.26. The summed E-state index contributed by atoms with van der Waals surface area (Å²) in [6.07, 6.45) is 4.73. The van der Waals surface area contributed by atoms with Crippen LogP contribution in [0.3, 0.4) is 0 Å². The average molecular weight is 393 g/mol. The van der Waals surface area contributed by atoms with Gasteiger partial charge < -0.3 is 10.6 Å². The number of carbonyl (C=O) groups is 2. The summed E-state index contributed by atoms with van der Waals surface area (Å²) >= 11 is 2.92. The van der Waals surface area contributed by atoms with Crippen molar-refractivity contribution in [2.24, 2.45) is 16.1 Å². The molecule has 1 fully saturated rings. The normalized spacial score (nSPS) is 18.7. The Morgan fingerprint density at radius 2 is 2.12 bits per heavy atom. The maximum absolute atomic E-state index is 12.0. The number of benzene rings is 1. The van der Waals surface area contributed by atoms with Gasteiger partial charge in [0.15, 0.2) is 5.17 Å². The molecule has 1 heterocycles. The predicted molar refractivity (Wildman–Crippen MR) is 110 cm³/mol. The van der Waals surface area contributed by atoms with Gasteiger partial charge in [-0.05, 0) is 36.3 Å². The van der Waals surface area contributed by atoms with E-state index >= 15 is 0 Å². The van der Waals surface area contributed by atoms with Crippen LogP contribution in [0.1, 0.15) is 32.3 Å². The van der Waals surface area contributed by atoms with Gasteiger partial charge in [-0.15, -0.1) is 16.9 Å². The number of rotatable bonds is 8. The molecule has 1 aliphatic heterocycles. The van der Waals surface area contributed by atoms with E-state index in [0.717, 1.165) is 12.0 Å². The highest BCUT2D eigenvalue weighted by Crippen LogP contribution is 2.22. The molecule has 1 unspecified atom stereocenters. The summed E-state index contributed by atoms with van der Waals surface area (Å²) in [4.78, 5) is 25.0. The van der Waals surface area contributed by atoms with Crippen molar-refractivity contribution in [3.8, 4) is 0 Å². The number of hydrogen-bond donors (Lipinski definition) is 2. The first-order chi connectivity index (χ1) is 12.5. The maximum atomic E-state index is 12.0. The maximum Gasteiger partial charge on any atom is 0.240 e. The highest BCUT2D eigenvalue weighted by molar-refractivity contribution is 8.15. The Hall–Kier alpha value is -1.80. The van der Waals surface area contributed by atoms with Gasteiger partial charge >= 0.3 is 0 Å². The lowest BCUT2D eigenvalue weighted by Crippen LogP contribution is -2.32. The van der Waals surface area contributed by atoms with Crippen LogP contribution in [0.4, 0.5) is 0 Å². The molecule has 0 spiro atoms. The van der Waals surface area contributed by atoms with Crippen molar-refractivity contribution < 1.29 is 9.59 Å². The van der Waals surface area contributed by atoms with Gasteiger partial charge in [-0.1, -0.05) is 37.7 Å². The SMILES string of the molecule is CSc1ccc(/C=N/N=C2\NC(=O)C(CC(=O)NCCC(C)C)S2)cc1. The summed E-state index contributed by atoms with van der Waals surface area (Å²) < 4.78 is 0. The molecule has 26 heavy (non-hydrogen) atoms. The molecule has 2 rings (SSSR count). The molecule has 140 valence electrons. The van der Waals surface area contributed by atoms with Gasteiger partial charge in [0.1, 0.15) is 5.25 Å². The van der Waals surface area contributed by atoms with E-state index in [2.05, 4.69) is 34.7 Å². The molecule has 0 aromatic heterocycles. The molecule has 6 nitrogen and oxygen atoms in total. The average Bonchev–Trinajstić information content (AvgIpc) is 2.94. The quantitative estimate of drug-likeness (QED) is 0.405. The summed E-state index contributed by atoms with van der Waals surface area (Å²) in [5.41, 5.74) is 0.933. The number of thioether (sulfide) groups is 2. The first kappa shape index (κ1) is 20.5. The Morgan fingerprint density at radius 3 is 2.77 bits per heavy atom. The standard InChI is InChI=1S/C18H24N4O2S2/c1-12(2)8-9-19-16(23)10-15-17(24)21-18(26-15)22-20-11-13-4-6-14(25-3)7-5-13/h4-7,11-12,15H,8-10H2,1-3H3,(H,19,23)(H,21,22,24)/b20-11+. The summed E-state index contributed by atoms with van der Waals surface area (Å²) in [6, 6.07) is 7.94. The molecule has 0 saturated carbocycles. The Balaban J connectivity index is 1.82. The van der Waals surface area contributed by atoms with Crippen molar-refractivity contribution in [1.29, 1.82) is 0 Å². The van der Waals surface area contributed by atoms with Gasteiger partial charge in [0.25, 0.3) is 0 Å². The number of hydrogen-bond acceptors (Lipinski definition) is 6. The van der Waals surface area contributed by atoms with Crippen LogP contribution < -0.4 is 10.6 Å². The van der Waals surface area contributed by atoms with Gasteiger partial charge in [-0.3, -0.25) is 9.59 Å². The largest absolute Gasteiger partial charge is 0.356 e. The molecule has 1 aromatic rings. The van der Waals surface area contributed by atoms with Crippen LogP contribution in [0, 0.1) is 5.92 Å². The van der Waals surface area contributed by atoms with Crippen molar-refractivity contribution in [3.63, 3.8) is 0 Å². The molecule has 1 aliphatic rings. The number of carbonyl (C=O) groups excluding carboxylic acids is 2.